The number of nitrogens with zero attached hydrogens (tertiary/aromatic N) is 3. The fourth-order valence-electron chi connectivity index (χ4n) is 3.89. The third kappa shape index (κ3) is 2.73. The highest BCUT2D eigenvalue weighted by atomic mass is 32.1. The van der Waals surface area contributed by atoms with Gasteiger partial charge in [0.1, 0.15) is 5.69 Å². The summed E-state index contributed by atoms with van der Waals surface area (Å²) in [5, 5.41) is 10.0. The third-order valence-corrected chi connectivity index (χ3v) is 6.40. The number of nitrogens with one attached hydrogen (secondary N) is 2. The minimum Gasteiger partial charge on any atom is -0.352 e. The first kappa shape index (κ1) is 17.1. The third-order valence-electron chi connectivity index (χ3n) is 5.36. The van der Waals surface area contributed by atoms with Crippen LogP contribution in [0.5, 0.6) is 0 Å². The van der Waals surface area contributed by atoms with Gasteiger partial charge in [-0.25, -0.2) is 0 Å². The largest absolute Gasteiger partial charge is 0.352 e. The van der Waals surface area contributed by atoms with Crippen LogP contribution in [0.1, 0.15) is 4.88 Å². The summed E-state index contributed by atoms with van der Waals surface area (Å²) >= 11 is 1.78. The Morgan fingerprint density at radius 1 is 0.833 bits per heavy atom. The molecule has 0 saturated heterocycles. The van der Waals surface area contributed by atoms with Crippen molar-refractivity contribution in [1.29, 1.82) is 0 Å². The van der Waals surface area contributed by atoms with Gasteiger partial charge in [0.15, 0.2) is 0 Å². The van der Waals surface area contributed by atoms with Crippen LogP contribution in [0.25, 0.3) is 54.8 Å². The first-order valence-corrected chi connectivity index (χ1v) is 10.5. The molecule has 0 aliphatic rings. The van der Waals surface area contributed by atoms with Gasteiger partial charge in [-0.3, -0.25) is 15.1 Å². The molecule has 0 saturated carbocycles. The number of rotatable bonds is 3. The lowest BCUT2D eigenvalue weighted by molar-refractivity contribution is 1.12. The molecular formula is C24H17N5S. The monoisotopic (exact) mass is 407 g/mol. The molecule has 6 rings (SSSR count). The molecule has 0 aliphatic heterocycles. The number of fused-ring (bicyclic) bond motifs is 2. The minimum absolute atomic E-state index is 0.903. The van der Waals surface area contributed by atoms with Crippen molar-refractivity contribution < 1.29 is 0 Å². The molecule has 0 bridgehead atoms. The van der Waals surface area contributed by atoms with E-state index in [1.165, 1.54) is 9.75 Å². The number of H-pyrrole nitrogens is 2. The molecule has 2 N–H and O–H groups in total. The van der Waals surface area contributed by atoms with Crippen LogP contribution in [0.2, 0.25) is 0 Å². The van der Waals surface area contributed by atoms with Crippen LogP contribution in [0.4, 0.5) is 0 Å². The van der Waals surface area contributed by atoms with E-state index in [9.17, 15) is 0 Å². The van der Waals surface area contributed by atoms with Gasteiger partial charge in [0, 0.05) is 50.2 Å². The number of thiophene rings is 1. The van der Waals surface area contributed by atoms with E-state index < -0.39 is 0 Å². The van der Waals surface area contributed by atoms with Crippen LogP contribution in [0.3, 0.4) is 0 Å². The number of aryl methyl sites for hydroxylation is 1. The van der Waals surface area contributed by atoms with E-state index in [1.54, 1.807) is 17.5 Å². The number of aromatic nitrogens is 5. The maximum absolute atomic E-state index is 4.61. The zero-order valence-corrected chi connectivity index (χ0v) is 17.0. The lowest BCUT2D eigenvalue weighted by Gasteiger charge is -2.01. The van der Waals surface area contributed by atoms with Gasteiger partial charge >= 0.3 is 0 Å². The molecule has 0 atom stereocenters. The van der Waals surface area contributed by atoms with Gasteiger partial charge in [-0.2, -0.15) is 5.10 Å². The quantitative estimate of drug-likeness (QED) is 0.367. The second kappa shape index (κ2) is 6.64. The molecule has 5 nitrogen and oxygen atoms in total. The van der Waals surface area contributed by atoms with Crippen molar-refractivity contribution >= 4 is 33.1 Å². The van der Waals surface area contributed by atoms with E-state index in [1.807, 2.05) is 24.7 Å². The van der Waals surface area contributed by atoms with Gasteiger partial charge in [0.25, 0.3) is 0 Å². The zero-order valence-electron chi connectivity index (χ0n) is 16.2. The highest BCUT2D eigenvalue weighted by molar-refractivity contribution is 7.15. The van der Waals surface area contributed by atoms with Gasteiger partial charge in [-0.1, -0.05) is 12.1 Å². The molecule has 0 spiro atoms. The van der Waals surface area contributed by atoms with Gasteiger partial charge in [-0.05, 0) is 48.9 Å². The highest BCUT2D eigenvalue weighted by Gasteiger charge is 2.15. The van der Waals surface area contributed by atoms with Crippen LogP contribution >= 0.6 is 11.3 Å². The van der Waals surface area contributed by atoms with Crippen molar-refractivity contribution in [2.75, 3.05) is 0 Å². The van der Waals surface area contributed by atoms with Crippen molar-refractivity contribution in [1.82, 2.24) is 25.1 Å². The summed E-state index contributed by atoms with van der Waals surface area (Å²) in [4.78, 5) is 14.7. The lowest BCUT2D eigenvalue weighted by Crippen LogP contribution is -1.81. The second-order valence-corrected chi connectivity index (χ2v) is 8.60. The molecule has 0 unspecified atom stereocenters. The highest BCUT2D eigenvalue weighted by Crippen LogP contribution is 2.36. The van der Waals surface area contributed by atoms with Crippen LogP contribution in [0.15, 0.2) is 73.3 Å². The standard InChI is InChI=1S/C24H17N5S/c1-14-4-7-23(30-14)19-12-26-13-22-17(19)10-21(27-22)24-18-9-15(5-6-20(18)28-29-24)16-3-2-8-25-11-16/h2-13,27H,1H3,(H,28,29). The van der Waals surface area contributed by atoms with E-state index in [0.29, 0.717) is 0 Å². The fraction of sp³-hybridized carbons (Fsp3) is 0.0417. The second-order valence-electron chi connectivity index (χ2n) is 7.32. The summed E-state index contributed by atoms with van der Waals surface area (Å²) in [6, 6.07) is 16.8. The molecule has 0 fully saturated rings. The van der Waals surface area contributed by atoms with Crippen molar-refractivity contribution in [2.45, 2.75) is 6.92 Å². The van der Waals surface area contributed by atoms with E-state index in [2.05, 4.69) is 74.5 Å². The molecular weight excluding hydrogens is 390 g/mol. The van der Waals surface area contributed by atoms with Crippen LogP contribution in [-0.4, -0.2) is 25.1 Å². The molecule has 0 aliphatic carbocycles. The molecule has 0 amide bonds. The Bertz CT molecular complexity index is 1510. The Morgan fingerprint density at radius 2 is 1.80 bits per heavy atom. The molecule has 0 radical (unpaired) electrons. The number of aromatic amines is 2. The van der Waals surface area contributed by atoms with Crippen molar-refractivity contribution in [3.63, 3.8) is 0 Å². The summed E-state index contributed by atoms with van der Waals surface area (Å²) in [6.07, 6.45) is 7.48. The summed E-state index contributed by atoms with van der Waals surface area (Å²) in [5.74, 6) is 0. The summed E-state index contributed by atoms with van der Waals surface area (Å²) in [7, 11) is 0. The maximum Gasteiger partial charge on any atom is 0.116 e. The SMILES string of the molecule is Cc1ccc(-c2cncc3[nH]c(-c4n[nH]c5ccc(-c6cccnc6)cc45)cc23)s1. The van der Waals surface area contributed by atoms with Gasteiger partial charge < -0.3 is 4.98 Å². The molecule has 5 aromatic heterocycles. The Hall–Kier alpha value is -3.77. The number of hydrogen-bond acceptors (Lipinski definition) is 4. The fourth-order valence-corrected chi connectivity index (χ4v) is 4.78. The molecule has 5 heterocycles. The summed E-state index contributed by atoms with van der Waals surface area (Å²) in [6.45, 7) is 2.12. The summed E-state index contributed by atoms with van der Waals surface area (Å²) in [5.41, 5.74) is 7.23. The van der Waals surface area contributed by atoms with Crippen LogP contribution in [0, 0.1) is 6.92 Å². The maximum atomic E-state index is 4.61. The van der Waals surface area contributed by atoms with Crippen LogP contribution in [-0.2, 0) is 0 Å². The Morgan fingerprint density at radius 3 is 2.63 bits per heavy atom. The van der Waals surface area contributed by atoms with Crippen LogP contribution < -0.4 is 0 Å². The first-order chi connectivity index (χ1) is 14.8. The summed E-state index contributed by atoms with van der Waals surface area (Å²) < 4.78 is 0. The Labute approximate surface area is 176 Å². The molecule has 30 heavy (non-hydrogen) atoms. The number of benzene rings is 1. The van der Waals surface area contributed by atoms with Gasteiger partial charge in [0.05, 0.1) is 22.9 Å². The predicted molar refractivity (Wildman–Crippen MR) is 122 cm³/mol. The average molecular weight is 408 g/mol. The minimum atomic E-state index is 0.903. The molecule has 144 valence electrons. The molecule has 6 heteroatoms. The van der Waals surface area contributed by atoms with Crippen molar-refractivity contribution in [2.24, 2.45) is 0 Å². The lowest BCUT2D eigenvalue weighted by atomic mass is 10.0. The average Bonchev–Trinajstić information content (AvgIpc) is 3.51. The Kier molecular flexibility index (Phi) is 3.79. The number of hydrogen-bond donors (Lipinski definition) is 2. The predicted octanol–water partition coefficient (Wildman–Crippen LogP) is 6.21. The Balaban J connectivity index is 1.52. The van der Waals surface area contributed by atoms with E-state index in [4.69, 9.17) is 0 Å². The first-order valence-electron chi connectivity index (χ1n) is 9.69. The van der Waals surface area contributed by atoms with E-state index >= 15 is 0 Å². The zero-order chi connectivity index (χ0) is 20.1. The molecule has 6 aromatic rings. The van der Waals surface area contributed by atoms with E-state index in [-0.39, 0.29) is 0 Å². The molecule has 1 aromatic carbocycles. The van der Waals surface area contributed by atoms with Crippen molar-refractivity contribution in [3.8, 4) is 33.0 Å². The van der Waals surface area contributed by atoms with Gasteiger partial charge in [-0.15, -0.1) is 11.3 Å². The number of pyridine rings is 2. The van der Waals surface area contributed by atoms with Crippen molar-refractivity contribution in [3.05, 3.63) is 78.2 Å². The van der Waals surface area contributed by atoms with Gasteiger partial charge in [0.2, 0.25) is 0 Å². The smallest absolute Gasteiger partial charge is 0.116 e. The normalized spacial score (nSPS) is 11.5. The topological polar surface area (TPSA) is 70.2 Å². The van der Waals surface area contributed by atoms with E-state index in [0.717, 1.165) is 49.9 Å².